The van der Waals surface area contributed by atoms with Crippen LogP contribution in [0, 0.1) is 0 Å². The third-order valence-corrected chi connectivity index (χ3v) is 7.11. The summed E-state index contributed by atoms with van der Waals surface area (Å²) in [6, 6.07) is 4.69. The zero-order chi connectivity index (χ0) is 17.7. The lowest BCUT2D eigenvalue weighted by Crippen LogP contribution is -2.53. The van der Waals surface area contributed by atoms with Crippen molar-refractivity contribution >= 4 is 50.6 Å². The summed E-state index contributed by atoms with van der Waals surface area (Å²) >= 11 is 17.5. The molecule has 0 aromatic heterocycles. The van der Waals surface area contributed by atoms with Crippen LogP contribution in [0.4, 0.5) is 0 Å². The summed E-state index contributed by atoms with van der Waals surface area (Å²) in [6.45, 7) is 4.73. The molecular weight excluding hydrogens is 389 g/mol. The summed E-state index contributed by atoms with van der Waals surface area (Å²) in [5.41, 5.74) is 0. The van der Waals surface area contributed by atoms with E-state index in [0.29, 0.717) is 31.3 Å². The number of sulfonamides is 1. The van der Waals surface area contributed by atoms with E-state index in [0.717, 1.165) is 19.4 Å². The van der Waals surface area contributed by atoms with Gasteiger partial charge in [-0.15, -0.1) is 0 Å². The van der Waals surface area contributed by atoms with Crippen LogP contribution in [0.1, 0.15) is 19.8 Å². The Bertz CT molecular complexity index is 670. The van der Waals surface area contributed by atoms with Crippen LogP contribution >= 0.6 is 35.4 Å². The molecule has 1 heterocycles. The van der Waals surface area contributed by atoms with Crippen LogP contribution in [-0.4, -0.2) is 55.5 Å². The molecule has 1 aliphatic heterocycles. The van der Waals surface area contributed by atoms with Gasteiger partial charge in [0.05, 0.1) is 10.0 Å². The monoisotopic (exact) mass is 409 g/mol. The van der Waals surface area contributed by atoms with Gasteiger partial charge in [-0.2, -0.15) is 4.31 Å². The lowest BCUT2D eigenvalue weighted by Gasteiger charge is -2.35. The first-order chi connectivity index (χ1) is 11.4. The predicted molar refractivity (Wildman–Crippen MR) is 102 cm³/mol. The molecule has 24 heavy (non-hydrogen) atoms. The number of unbranched alkanes of at least 4 members (excludes halogenated alkanes) is 1. The van der Waals surface area contributed by atoms with Gasteiger partial charge < -0.3 is 10.2 Å². The Labute approximate surface area is 159 Å². The Morgan fingerprint density at radius 2 is 1.79 bits per heavy atom. The lowest BCUT2D eigenvalue weighted by atomic mass is 10.3. The number of hydrogen-bond acceptors (Lipinski definition) is 3. The average Bonchev–Trinajstić information content (AvgIpc) is 2.54. The molecule has 0 amide bonds. The first kappa shape index (κ1) is 19.7. The van der Waals surface area contributed by atoms with Crippen molar-refractivity contribution in [3.8, 4) is 0 Å². The first-order valence-electron chi connectivity index (χ1n) is 7.85. The van der Waals surface area contributed by atoms with Crippen molar-refractivity contribution in [1.29, 1.82) is 0 Å². The molecule has 0 aliphatic carbocycles. The molecule has 0 bridgehead atoms. The molecule has 0 unspecified atom stereocenters. The molecule has 9 heteroatoms. The van der Waals surface area contributed by atoms with Crippen LogP contribution < -0.4 is 5.32 Å². The molecule has 0 spiro atoms. The minimum Gasteiger partial charge on any atom is -0.363 e. The molecule has 134 valence electrons. The molecule has 1 N–H and O–H groups in total. The van der Waals surface area contributed by atoms with Crippen molar-refractivity contribution < 1.29 is 8.42 Å². The van der Waals surface area contributed by atoms with Crippen molar-refractivity contribution in [1.82, 2.24) is 14.5 Å². The number of hydrogen-bond donors (Lipinski definition) is 1. The second kappa shape index (κ2) is 8.67. The van der Waals surface area contributed by atoms with Gasteiger partial charge in [0.2, 0.25) is 10.0 Å². The summed E-state index contributed by atoms with van der Waals surface area (Å²) in [4.78, 5) is 1.97. The molecule has 0 atom stereocenters. The topological polar surface area (TPSA) is 52.6 Å². The van der Waals surface area contributed by atoms with Crippen molar-refractivity contribution in [2.24, 2.45) is 0 Å². The molecule has 0 saturated carbocycles. The van der Waals surface area contributed by atoms with Crippen molar-refractivity contribution in [2.45, 2.75) is 24.7 Å². The van der Waals surface area contributed by atoms with Crippen LogP contribution in [0.15, 0.2) is 23.1 Å². The van der Waals surface area contributed by atoms with E-state index < -0.39 is 10.0 Å². The molecule has 1 saturated heterocycles. The number of nitrogens with zero attached hydrogens (tertiary/aromatic N) is 2. The average molecular weight is 410 g/mol. The largest absolute Gasteiger partial charge is 0.363 e. The highest BCUT2D eigenvalue weighted by Gasteiger charge is 2.32. The molecule has 0 radical (unpaired) electrons. The van der Waals surface area contributed by atoms with Gasteiger partial charge in [-0.05, 0) is 30.8 Å². The summed E-state index contributed by atoms with van der Waals surface area (Å²) in [5.74, 6) is 0. The maximum atomic E-state index is 12.8. The number of thiocarbonyl (C=S) groups is 1. The maximum Gasteiger partial charge on any atom is 0.246 e. The van der Waals surface area contributed by atoms with Crippen molar-refractivity contribution in [3.05, 3.63) is 28.2 Å². The van der Waals surface area contributed by atoms with Gasteiger partial charge in [-0.1, -0.05) is 42.6 Å². The number of benzene rings is 1. The van der Waals surface area contributed by atoms with Gasteiger partial charge in [0.25, 0.3) is 0 Å². The van der Waals surface area contributed by atoms with Gasteiger partial charge in [-0.25, -0.2) is 8.42 Å². The number of halogens is 2. The van der Waals surface area contributed by atoms with E-state index >= 15 is 0 Å². The smallest absolute Gasteiger partial charge is 0.246 e. The first-order valence-corrected chi connectivity index (χ1v) is 10.4. The summed E-state index contributed by atoms with van der Waals surface area (Å²) in [5, 5.41) is 4.16. The van der Waals surface area contributed by atoms with Crippen LogP contribution in [-0.2, 0) is 10.0 Å². The zero-order valence-corrected chi connectivity index (χ0v) is 16.6. The third kappa shape index (κ3) is 4.52. The molecule has 1 fully saturated rings. The molecule has 1 aliphatic rings. The fourth-order valence-corrected chi connectivity index (χ4v) is 5.27. The van der Waals surface area contributed by atoms with Crippen molar-refractivity contribution in [3.63, 3.8) is 0 Å². The highest BCUT2D eigenvalue weighted by molar-refractivity contribution is 7.89. The maximum absolute atomic E-state index is 12.8. The summed E-state index contributed by atoms with van der Waals surface area (Å²) in [6.07, 6.45) is 2.15. The fraction of sp³-hybridized carbons (Fsp3) is 0.533. The van der Waals surface area contributed by atoms with E-state index in [-0.39, 0.29) is 14.9 Å². The second-order valence-electron chi connectivity index (χ2n) is 5.53. The quantitative estimate of drug-likeness (QED) is 0.598. The van der Waals surface area contributed by atoms with E-state index in [9.17, 15) is 8.42 Å². The Balaban J connectivity index is 2.02. The Morgan fingerprint density at radius 3 is 2.33 bits per heavy atom. The Hall–Kier alpha value is -0.600. The number of nitrogens with one attached hydrogen (secondary N) is 1. The highest BCUT2D eigenvalue weighted by Crippen LogP contribution is 2.31. The number of piperazine rings is 1. The van der Waals surface area contributed by atoms with E-state index in [1.165, 1.54) is 16.4 Å². The highest BCUT2D eigenvalue weighted by atomic mass is 35.5. The molecule has 5 nitrogen and oxygen atoms in total. The van der Waals surface area contributed by atoms with E-state index in [4.69, 9.17) is 35.4 Å². The van der Waals surface area contributed by atoms with Gasteiger partial charge in [0, 0.05) is 32.7 Å². The van der Waals surface area contributed by atoms with Gasteiger partial charge >= 0.3 is 0 Å². The minimum absolute atomic E-state index is 0.0227. The van der Waals surface area contributed by atoms with E-state index in [1.54, 1.807) is 6.07 Å². The Kier molecular flexibility index (Phi) is 7.12. The van der Waals surface area contributed by atoms with Crippen LogP contribution in [0.25, 0.3) is 0 Å². The lowest BCUT2D eigenvalue weighted by molar-refractivity contribution is 0.264. The Morgan fingerprint density at radius 1 is 1.21 bits per heavy atom. The van der Waals surface area contributed by atoms with Crippen LogP contribution in [0.2, 0.25) is 10.0 Å². The van der Waals surface area contributed by atoms with Gasteiger partial charge in [0.1, 0.15) is 4.90 Å². The van der Waals surface area contributed by atoms with Gasteiger partial charge in [0.15, 0.2) is 5.11 Å². The fourth-order valence-electron chi connectivity index (χ4n) is 2.47. The van der Waals surface area contributed by atoms with Gasteiger partial charge in [-0.3, -0.25) is 0 Å². The van der Waals surface area contributed by atoms with Crippen LogP contribution in [0.5, 0.6) is 0 Å². The summed E-state index contributed by atoms with van der Waals surface area (Å²) < 4.78 is 27.0. The SMILES string of the molecule is CCCCNC(=S)N1CCN(S(=O)(=O)c2c(Cl)cccc2Cl)CC1. The second-order valence-corrected chi connectivity index (χ2v) is 8.60. The van der Waals surface area contributed by atoms with E-state index in [1.807, 2.05) is 4.90 Å². The minimum atomic E-state index is -3.71. The predicted octanol–water partition coefficient (Wildman–Crippen LogP) is 2.97. The molecular formula is C15H21Cl2N3O2S2. The van der Waals surface area contributed by atoms with E-state index in [2.05, 4.69) is 12.2 Å². The summed E-state index contributed by atoms with van der Waals surface area (Å²) in [7, 11) is -3.71. The third-order valence-electron chi connectivity index (χ3n) is 3.85. The molecule has 1 aromatic carbocycles. The standard InChI is InChI=1S/C15H21Cl2N3O2S2/c1-2-3-7-18-15(23)19-8-10-20(11-9-19)24(21,22)14-12(16)5-4-6-13(14)17/h4-6H,2-3,7-11H2,1H3,(H,18,23). The van der Waals surface area contributed by atoms with Crippen LogP contribution in [0.3, 0.4) is 0 Å². The number of rotatable bonds is 5. The molecule has 2 rings (SSSR count). The van der Waals surface area contributed by atoms with Crippen molar-refractivity contribution in [2.75, 3.05) is 32.7 Å². The molecule has 1 aromatic rings. The normalized spacial score (nSPS) is 16.2. The zero-order valence-electron chi connectivity index (χ0n) is 13.5.